The molecule has 0 atom stereocenters. The zero-order chi connectivity index (χ0) is 20.7. The number of urea groups is 1. The molecule has 0 aliphatic rings. The molecule has 152 valence electrons. The van der Waals surface area contributed by atoms with Gasteiger partial charge in [-0.15, -0.1) is 11.3 Å². The summed E-state index contributed by atoms with van der Waals surface area (Å²) in [5.41, 5.74) is 2.92. The molecule has 1 aromatic carbocycles. The number of aromatic nitrogens is 2. The van der Waals surface area contributed by atoms with Crippen LogP contribution >= 0.6 is 11.3 Å². The Morgan fingerprint density at radius 1 is 1.07 bits per heavy atom. The highest BCUT2D eigenvalue weighted by atomic mass is 32.1. The minimum absolute atomic E-state index is 0.0268. The van der Waals surface area contributed by atoms with Gasteiger partial charge in [0.1, 0.15) is 12.4 Å². The fourth-order valence-corrected chi connectivity index (χ4v) is 3.41. The van der Waals surface area contributed by atoms with Gasteiger partial charge in [0.05, 0.1) is 17.2 Å². The van der Waals surface area contributed by atoms with Crippen molar-refractivity contribution in [3.63, 3.8) is 0 Å². The van der Waals surface area contributed by atoms with Crippen molar-refractivity contribution >= 4 is 17.4 Å². The number of hydrogen-bond acceptors (Lipinski definition) is 5. The maximum Gasteiger partial charge on any atom is 0.315 e. The second-order valence-corrected chi connectivity index (χ2v) is 8.58. The molecule has 0 saturated carbocycles. The second-order valence-electron chi connectivity index (χ2n) is 7.72. The van der Waals surface area contributed by atoms with Gasteiger partial charge >= 0.3 is 6.03 Å². The molecule has 6 nitrogen and oxygen atoms in total. The molecule has 0 fully saturated rings. The molecule has 0 bridgehead atoms. The number of thiazole rings is 1. The molecule has 0 saturated heterocycles. The third kappa shape index (κ3) is 6.57. The molecule has 0 unspecified atom stereocenters. The molecule has 29 heavy (non-hydrogen) atoms. The normalized spacial score (nSPS) is 11.1. The average molecular weight is 411 g/mol. The molecule has 7 heteroatoms. The van der Waals surface area contributed by atoms with E-state index in [2.05, 4.69) is 41.4 Å². The molecule has 2 amide bonds. The molecule has 0 radical (unpaired) electrons. The number of ether oxygens (including phenoxy) is 1. The van der Waals surface area contributed by atoms with Crippen LogP contribution in [0.25, 0.3) is 0 Å². The molecular formula is C22H26N4O2S. The van der Waals surface area contributed by atoms with Crippen LogP contribution in [0.2, 0.25) is 0 Å². The fourth-order valence-electron chi connectivity index (χ4n) is 2.50. The van der Waals surface area contributed by atoms with Crippen molar-refractivity contribution in [1.29, 1.82) is 0 Å². The number of hydrogen-bond donors (Lipinski definition) is 2. The van der Waals surface area contributed by atoms with Crippen molar-refractivity contribution in [2.75, 3.05) is 0 Å². The molecule has 0 spiro atoms. The van der Waals surface area contributed by atoms with Crippen LogP contribution in [-0.4, -0.2) is 16.0 Å². The standard InChI is InChI=1S/C22H26N4O2S/c1-22(2,3)20-26-18(15-29-20)13-25-21(27)24-12-16-6-8-19(9-7-16)28-14-17-5-4-10-23-11-17/h4-11,15H,12-14H2,1-3H3,(H2,24,25,27). The van der Waals surface area contributed by atoms with E-state index in [-0.39, 0.29) is 11.4 Å². The third-order valence-electron chi connectivity index (χ3n) is 4.13. The molecule has 3 aromatic rings. The number of pyridine rings is 1. The first-order valence-electron chi connectivity index (χ1n) is 9.47. The van der Waals surface area contributed by atoms with Gasteiger partial charge < -0.3 is 15.4 Å². The van der Waals surface area contributed by atoms with Crippen LogP contribution in [0.5, 0.6) is 5.75 Å². The quantitative estimate of drug-likeness (QED) is 0.605. The van der Waals surface area contributed by atoms with Crippen molar-refractivity contribution in [1.82, 2.24) is 20.6 Å². The van der Waals surface area contributed by atoms with Crippen molar-refractivity contribution in [2.45, 2.75) is 45.9 Å². The topological polar surface area (TPSA) is 76.1 Å². The van der Waals surface area contributed by atoms with Crippen LogP contribution in [0, 0.1) is 0 Å². The molecule has 2 N–H and O–H groups in total. The number of amides is 2. The Morgan fingerprint density at radius 3 is 2.48 bits per heavy atom. The van der Waals surface area contributed by atoms with E-state index in [9.17, 15) is 4.79 Å². The molecule has 0 aliphatic carbocycles. The van der Waals surface area contributed by atoms with Gasteiger partial charge in [-0.1, -0.05) is 39.0 Å². The van der Waals surface area contributed by atoms with E-state index >= 15 is 0 Å². The first-order chi connectivity index (χ1) is 13.9. The number of rotatable bonds is 7. The molecular weight excluding hydrogens is 384 g/mol. The summed E-state index contributed by atoms with van der Waals surface area (Å²) in [6.07, 6.45) is 3.52. The lowest BCUT2D eigenvalue weighted by molar-refractivity contribution is 0.240. The highest BCUT2D eigenvalue weighted by Crippen LogP contribution is 2.25. The third-order valence-corrected chi connectivity index (χ3v) is 5.44. The summed E-state index contributed by atoms with van der Waals surface area (Å²) in [4.78, 5) is 20.7. The van der Waals surface area contributed by atoms with Crippen LogP contribution in [0.1, 0.15) is 42.6 Å². The zero-order valence-corrected chi connectivity index (χ0v) is 17.8. The minimum atomic E-state index is -0.216. The zero-order valence-electron chi connectivity index (χ0n) is 16.9. The smallest absolute Gasteiger partial charge is 0.315 e. The number of carbonyl (C=O) groups is 1. The van der Waals surface area contributed by atoms with E-state index in [4.69, 9.17) is 4.74 Å². The fraction of sp³-hybridized carbons (Fsp3) is 0.318. The Kier molecular flexibility index (Phi) is 6.82. The summed E-state index contributed by atoms with van der Waals surface area (Å²) in [6.45, 7) is 7.72. The van der Waals surface area contributed by atoms with E-state index < -0.39 is 0 Å². The summed E-state index contributed by atoms with van der Waals surface area (Å²) >= 11 is 1.62. The van der Waals surface area contributed by atoms with Gasteiger partial charge in [0.15, 0.2) is 0 Å². The Hall–Kier alpha value is -2.93. The van der Waals surface area contributed by atoms with Crippen LogP contribution in [-0.2, 0) is 25.1 Å². The molecule has 2 heterocycles. The maximum absolute atomic E-state index is 12.0. The Morgan fingerprint density at radius 2 is 1.83 bits per heavy atom. The van der Waals surface area contributed by atoms with Crippen LogP contribution in [0.4, 0.5) is 4.79 Å². The second kappa shape index (κ2) is 9.52. The highest BCUT2D eigenvalue weighted by Gasteiger charge is 2.18. The summed E-state index contributed by atoms with van der Waals surface area (Å²) in [7, 11) is 0. The molecule has 0 aliphatic heterocycles. The van der Waals surface area contributed by atoms with Gasteiger partial charge in [-0.05, 0) is 23.8 Å². The lowest BCUT2D eigenvalue weighted by atomic mass is 9.98. The average Bonchev–Trinajstić information content (AvgIpc) is 3.20. The number of nitrogens with zero attached hydrogens (tertiary/aromatic N) is 2. The van der Waals surface area contributed by atoms with Crippen LogP contribution in [0.3, 0.4) is 0 Å². The van der Waals surface area contributed by atoms with Gasteiger partial charge in [0, 0.05) is 35.3 Å². The Labute approximate surface area is 175 Å². The predicted molar refractivity (Wildman–Crippen MR) is 115 cm³/mol. The monoisotopic (exact) mass is 410 g/mol. The van der Waals surface area contributed by atoms with E-state index in [1.54, 1.807) is 23.7 Å². The van der Waals surface area contributed by atoms with Crippen molar-refractivity contribution in [3.8, 4) is 5.75 Å². The largest absolute Gasteiger partial charge is 0.489 e. The van der Waals surface area contributed by atoms with E-state index in [0.29, 0.717) is 19.7 Å². The van der Waals surface area contributed by atoms with Crippen molar-refractivity contribution in [2.24, 2.45) is 0 Å². The first kappa shape index (κ1) is 20.8. The van der Waals surface area contributed by atoms with E-state index in [1.807, 2.05) is 41.8 Å². The Bertz CT molecular complexity index is 918. The highest BCUT2D eigenvalue weighted by molar-refractivity contribution is 7.09. The van der Waals surface area contributed by atoms with Crippen LogP contribution < -0.4 is 15.4 Å². The molecule has 2 aromatic heterocycles. The lowest BCUT2D eigenvalue weighted by Gasteiger charge is -2.13. The van der Waals surface area contributed by atoms with E-state index in [0.717, 1.165) is 27.6 Å². The Balaban J connectivity index is 1.40. The summed E-state index contributed by atoms with van der Waals surface area (Å²) in [6, 6.07) is 11.3. The predicted octanol–water partition coefficient (Wildman–Crippen LogP) is 4.41. The van der Waals surface area contributed by atoms with Crippen LogP contribution in [0.15, 0.2) is 54.2 Å². The summed E-state index contributed by atoms with van der Waals surface area (Å²) in [5.74, 6) is 0.778. The molecule has 3 rings (SSSR count). The number of carbonyl (C=O) groups excluding carboxylic acids is 1. The van der Waals surface area contributed by atoms with Gasteiger partial charge in [0.25, 0.3) is 0 Å². The van der Waals surface area contributed by atoms with Gasteiger partial charge in [-0.2, -0.15) is 0 Å². The van der Waals surface area contributed by atoms with Gasteiger partial charge in [-0.3, -0.25) is 4.98 Å². The van der Waals surface area contributed by atoms with Gasteiger partial charge in [-0.25, -0.2) is 9.78 Å². The summed E-state index contributed by atoms with van der Waals surface area (Å²) in [5, 5.41) is 8.77. The van der Waals surface area contributed by atoms with Crippen molar-refractivity contribution in [3.05, 3.63) is 76.0 Å². The lowest BCUT2D eigenvalue weighted by Crippen LogP contribution is -2.34. The SMILES string of the molecule is CC(C)(C)c1nc(CNC(=O)NCc2ccc(OCc3cccnc3)cc2)cs1. The maximum atomic E-state index is 12.0. The van der Waals surface area contributed by atoms with Gasteiger partial charge in [0.2, 0.25) is 0 Å². The van der Waals surface area contributed by atoms with Crippen molar-refractivity contribution < 1.29 is 9.53 Å². The van der Waals surface area contributed by atoms with E-state index in [1.165, 1.54) is 0 Å². The number of benzene rings is 1. The summed E-state index contributed by atoms with van der Waals surface area (Å²) < 4.78 is 5.74. The minimum Gasteiger partial charge on any atom is -0.489 e. The first-order valence-corrected chi connectivity index (χ1v) is 10.4. The number of nitrogens with one attached hydrogen (secondary N) is 2.